The summed E-state index contributed by atoms with van der Waals surface area (Å²) >= 11 is 6.14. The van der Waals surface area contributed by atoms with Crippen LogP contribution in [0.15, 0.2) is 47.2 Å². The van der Waals surface area contributed by atoms with Crippen molar-refractivity contribution in [3.63, 3.8) is 0 Å². The monoisotopic (exact) mass is 413 g/mol. The van der Waals surface area contributed by atoms with Crippen LogP contribution in [0.1, 0.15) is 12.3 Å². The number of anilines is 2. The van der Waals surface area contributed by atoms with Crippen molar-refractivity contribution in [2.45, 2.75) is 12.8 Å². The van der Waals surface area contributed by atoms with Crippen LogP contribution < -0.4 is 10.2 Å². The van der Waals surface area contributed by atoms with Crippen molar-refractivity contribution in [3.05, 3.63) is 53.6 Å². The average Bonchev–Trinajstić information content (AvgIpc) is 3.23. The summed E-state index contributed by atoms with van der Waals surface area (Å²) in [6, 6.07) is 9.10. The Morgan fingerprint density at radius 1 is 1.17 bits per heavy atom. The minimum Gasteiger partial charge on any atom is -0.378 e. The Bertz CT molecular complexity index is 973. The van der Waals surface area contributed by atoms with E-state index < -0.39 is 0 Å². The van der Waals surface area contributed by atoms with Crippen molar-refractivity contribution in [2.75, 3.05) is 36.5 Å². The van der Waals surface area contributed by atoms with Gasteiger partial charge in [0, 0.05) is 48.9 Å². The first-order chi connectivity index (χ1) is 14.2. The highest BCUT2D eigenvalue weighted by Crippen LogP contribution is 2.30. The molecule has 1 aromatic carbocycles. The molecule has 0 spiro atoms. The maximum Gasteiger partial charge on any atom is 0.227 e. The fourth-order valence-corrected chi connectivity index (χ4v) is 3.27. The molecule has 2 aromatic heterocycles. The molecular formula is C20H20ClN5O3. The average molecular weight is 414 g/mol. The molecule has 4 rings (SSSR count). The number of aryl methyl sites for hydroxylation is 1. The second-order valence-electron chi connectivity index (χ2n) is 6.56. The number of amides is 1. The van der Waals surface area contributed by atoms with Crippen LogP contribution in [0.2, 0.25) is 5.02 Å². The maximum absolute atomic E-state index is 12.5. The van der Waals surface area contributed by atoms with Crippen LogP contribution in [0.25, 0.3) is 11.4 Å². The summed E-state index contributed by atoms with van der Waals surface area (Å²) in [6.07, 6.45) is 3.89. The molecule has 1 N–H and O–H groups in total. The zero-order chi connectivity index (χ0) is 20.1. The quantitative estimate of drug-likeness (QED) is 0.663. The molecule has 0 radical (unpaired) electrons. The van der Waals surface area contributed by atoms with E-state index in [1.807, 2.05) is 12.1 Å². The van der Waals surface area contributed by atoms with Gasteiger partial charge in [0.1, 0.15) is 0 Å². The number of hydrogen-bond acceptors (Lipinski definition) is 7. The topological polar surface area (TPSA) is 93.4 Å². The molecule has 1 aliphatic rings. The molecule has 1 aliphatic heterocycles. The van der Waals surface area contributed by atoms with E-state index >= 15 is 0 Å². The molecule has 3 aromatic rings. The van der Waals surface area contributed by atoms with Crippen LogP contribution in [-0.4, -0.2) is 47.3 Å². The van der Waals surface area contributed by atoms with Gasteiger partial charge in [0.2, 0.25) is 17.6 Å². The summed E-state index contributed by atoms with van der Waals surface area (Å²) in [5.74, 6) is 0.740. The molecule has 1 fully saturated rings. The van der Waals surface area contributed by atoms with Gasteiger partial charge in [-0.25, -0.2) is 0 Å². The van der Waals surface area contributed by atoms with E-state index in [-0.39, 0.29) is 12.3 Å². The predicted molar refractivity (Wildman–Crippen MR) is 109 cm³/mol. The molecule has 0 unspecified atom stereocenters. The van der Waals surface area contributed by atoms with Crippen LogP contribution in [-0.2, 0) is 16.0 Å². The van der Waals surface area contributed by atoms with Gasteiger partial charge >= 0.3 is 0 Å². The van der Waals surface area contributed by atoms with Crippen LogP contribution in [0.5, 0.6) is 0 Å². The van der Waals surface area contributed by atoms with Gasteiger partial charge in [0.25, 0.3) is 0 Å². The van der Waals surface area contributed by atoms with Gasteiger partial charge in [0.15, 0.2) is 0 Å². The van der Waals surface area contributed by atoms with Crippen molar-refractivity contribution in [3.8, 4) is 11.4 Å². The fourth-order valence-electron chi connectivity index (χ4n) is 3.10. The van der Waals surface area contributed by atoms with Crippen LogP contribution >= 0.6 is 11.6 Å². The minimum absolute atomic E-state index is 0.148. The lowest BCUT2D eigenvalue weighted by Gasteiger charge is -2.30. The van der Waals surface area contributed by atoms with Gasteiger partial charge in [-0.2, -0.15) is 4.98 Å². The second-order valence-corrected chi connectivity index (χ2v) is 6.99. The summed E-state index contributed by atoms with van der Waals surface area (Å²) in [5.41, 5.74) is 2.43. The molecular weight excluding hydrogens is 394 g/mol. The van der Waals surface area contributed by atoms with E-state index in [0.29, 0.717) is 42.1 Å². The second kappa shape index (κ2) is 9.02. The van der Waals surface area contributed by atoms with E-state index in [4.69, 9.17) is 20.9 Å². The number of morpholine rings is 1. The molecule has 8 nitrogen and oxygen atoms in total. The zero-order valence-electron chi connectivity index (χ0n) is 15.7. The summed E-state index contributed by atoms with van der Waals surface area (Å²) in [6.45, 7) is 2.86. The number of ether oxygens (including phenoxy) is 1. The highest BCUT2D eigenvalue weighted by molar-refractivity contribution is 6.31. The Morgan fingerprint density at radius 2 is 1.97 bits per heavy atom. The summed E-state index contributed by atoms with van der Waals surface area (Å²) < 4.78 is 10.7. The number of nitrogens with one attached hydrogen (secondary N) is 1. The number of nitrogens with zero attached hydrogens (tertiary/aromatic N) is 4. The Balaban J connectivity index is 1.39. The van der Waals surface area contributed by atoms with Gasteiger partial charge in [-0.1, -0.05) is 16.8 Å². The molecule has 9 heteroatoms. The molecule has 3 heterocycles. The van der Waals surface area contributed by atoms with Crippen molar-refractivity contribution < 1.29 is 14.1 Å². The number of pyridine rings is 1. The van der Waals surface area contributed by atoms with Gasteiger partial charge in [-0.3, -0.25) is 9.78 Å². The van der Waals surface area contributed by atoms with Crippen LogP contribution in [0, 0.1) is 0 Å². The Morgan fingerprint density at radius 3 is 2.76 bits per heavy atom. The highest BCUT2D eigenvalue weighted by Gasteiger charge is 2.17. The van der Waals surface area contributed by atoms with Crippen molar-refractivity contribution in [1.29, 1.82) is 0 Å². The first kappa shape index (κ1) is 19.4. The zero-order valence-corrected chi connectivity index (χ0v) is 16.4. The third-order valence-electron chi connectivity index (χ3n) is 4.56. The Kier molecular flexibility index (Phi) is 6.02. The van der Waals surface area contributed by atoms with E-state index in [1.54, 1.807) is 30.6 Å². The highest BCUT2D eigenvalue weighted by atomic mass is 35.5. The lowest BCUT2D eigenvalue weighted by Crippen LogP contribution is -2.36. The first-order valence-electron chi connectivity index (χ1n) is 9.34. The minimum atomic E-state index is -0.148. The smallest absolute Gasteiger partial charge is 0.227 e. The van der Waals surface area contributed by atoms with Gasteiger partial charge in [-0.05, 0) is 30.3 Å². The molecule has 0 saturated carbocycles. The summed E-state index contributed by atoms with van der Waals surface area (Å²) in [4.78, 5) is 23.0. The van der Waals surface area contributed by atoms with E-state index in [0.717, 1.165) is 24.3 Å². The fraction of sp³-hybridized carbons (Fsp3) is 0.300. The Hall–Kier alpha value is -2.97. The van der Waals surface area contributed by atoms with E-state index in [2.05, 4.69) is 25.3 Å². The number of halogens is 1. The number of carbonyl (C=O) groups is 1. The van der Waals surface area contributed by atoms with Crippen molar-refractivity contribution in [2.24, 2.45) is 0 Å². The number of benzene rings is 1. The molecule has 29 heavy (non-hydrogen) atoms. The Labute approximate surface area is 172 Å². The molecule has 0 atom stereocenters. The van der Waals surface area contributed by atoms with Gasteiger partial charge < -0.3 is 19.5 Å². The maximum atomic E-state index is 12.5. The number of aromatic nitrogens is 3. The summed E-state index contributed by atoms with van der Waals surface area (Å²) in [5, 5.41) is 7.47. The van der Waals surface area contributed by atoms with Crippen LogP contribution in [0.3, 0.4) is 0 Å². The standard InChI is InChI=1S/C20H20ClN5O3/c21-15-1-2-17(26-9-11-28-12-10-26)16(13-15)23-18(27)3-4-19-24-20(25-29-19)14-5-7-22-8-6-14/h1-2,5-8,13H,3-4,9-12H2,(H,23,27). The molecule has 150 valence electrons. The third kappa shape index (κ3) is 4.90. The number of carbonyl (C=O) groups excluding carboxylic acids is 1. The van der Waals surface area contributed by atoms with Gasteiger partial charge in [0.05, 0.1) is 24.6 Å². The lowest BCUT2D eigenvalue weighted by molar-refractivity contribution is -0.116. The number of rotatable bonds is 6. The molecule has 1 amide bonds. The summed E-state index contributed by atoms with van der Waals surface area (Å²) in [7, 11) is 0. The first-order valence-corrected chi connectivity index (χ1v) is 9.72. The van der Waals surface area contributed by atoms with Gasteiger partial charge in [-0.15, -0.1) is 0 Å². The third-order valence-corrected chi connectivity index (χ3v) is 4.79. The largest absolute Gasteiger partial charge is 0.378 e. The predicted octanol–water partition coefficient (Wildman–Crippen LogP) is 3.19. The normalized spacial score (nSPS) is 14.0. The van der Waals surface area contributed by atoms with Crippen molar-refractivity contribution in [1.82, 2.24) is 15.1 Å². The van der Waals surface area contributed by atoms with E-state index in [9.17, 15) is 4.79 Å². The number of hydrogen-bond donors (Lipinski definition) is 1. The van der Waals surface area contributed by atoms with E-state index in [1.165, 1.54) is 0 Å². The lowest BCUT2D eigenvalue weighted by atomic mass is 10.2. The van der Waals surface area contributed by atoms with Crippen LogP contribution in [0.4, 0.5) is 11.4 Å². The molecule has 0 aliphatic carbocycles. The SMILES string of the molecule is O=C(CCc1nc(-c2ccncc2)no1)Nc1cc(Cl)ccc1N1CCOCC1. The molecule has 0 bridgehead atoms. The molecule has 1 saturated heterocycles. The van der Waals surface area contributed by atoms with Crippen molar-refractivity contribution >= 4 is 28.9 Å².